The average Bonchev–Trinajstić information content (AvgIpc) is 3.00. The average molecular weight is 360 g/mol. The van der Waals surface area contributed by atoms with E-state index in [1.807, 2.05) is 0 Å². The SMILES string of the molecule is Nc1nc(=O)n([C@H]2CC[C@@H](CO)O2)cc1C#CCNC(=O)C(F)(F)F. The lowest BCUT2D eigenvalue weighted by Crippen LogP contribution is -2.36. The zero-order valence-electron chi connectivity index (χ0n) is 12.8. The molecule has 0 aromatic carbocycles. The fourth-order valence-corrected chi connectivity index (χ4v) is 2.17. The summed E-state index contributed by atoms with van der Waals surface area (Å²) in [5.74, 6) is 2.46. The van der Waals surface area contributed by atoms with Crippen molar-refractivity contribution in [3.63, 3.8) is 0 Å². The number of carbonyl (C=O) groups excluding carboxylic acids is 1. The summed E-state index contributed by atoms with van der Waals surface area (Å²) >= 11 is 0. The van der Waals surface area contributed by atoms with Gasteiger partial charge >= 0.3 is 17.8 Å². The molecule has 8 nitrogen and oxygen atoms in total. The number of anilines is 1. The summed E-state index contributed by atoms with van der Waals surface area (Å²) < 4.78 is 42.7. The van der Waals surface area contributed by atoms with Crippen LogP contribution in [0.25, 0.3) is 0 Å². The van der Waals surface area contributed by atoms with Crippen LogP contribution in [0.1, 0.15) is 24.6 Å². The Morgan fingerprint density at radius 1 is 1.52 bits per heavy atom. The molecule has 1 aliphatic heterocycles. The van der Waals surface area contributed by atoms with E-state index in [0.29, 0.717) is 12.8 Å². The van der Waals surface area contributed by atoms with Gasteiger partial charge in [0.05, 0.1) is 24.8 Å². The van der Waals surface area contributed by atoms with Crippen molar-refractivity contribution in [3.8, 4) is 11.8 Å². The molecule has 11 heteroatoms. The Morgan fingerprint density at radius 2 is 2.24 bits per heavy atom. The number of aliphatic hydroxyl groups excluding tert-OH is 1. The van der Waals surface area contributed by atoms with Gasteiger partial charge in [-0.05, 0) is 12.8 Å². The maximum atomic E-state index is 12.0. The number of nitrogens with two attached hydrogens (primary N) is 1. The molecule has 2 heterocycles. The number of hydrogen-bond donors (Lipinski definition) is 3. The second kappa shape index (κ2) is 7.54. The monoisotopic (exact) mass is 360 g/mol. The van der Waals surface area contributed by atoms with Crippen molar-refractivity contribution in [2.75, 3.05) is 18.9 Å². The molecule has 0 saturated carbocycles. The first-order valence-electron chi connectivity index (χ1n) is 7.21. The fraction of sp³-hybridized carbons (Fsp3) is 0.500. The number of hydrogen-bond acceptors (Lipinski definition) is 6. The summed E-state index contributed by atoms with van der Waals surface area (Å²) in [6.45, 7) is -0.733. The third kappa shape index (κ3) is 4.71. The van der Waals surface area contributed by atoms with Crippen LogP contribution < -0.4 is 16.7 Å². The summed E-state index contributed by atoms with van der Waals surface area (Å²) in [4.78, 5) is 26.1. The Labute approximate surface area is 139 Å². The highest BCUT2D eigenvalue weighted by molar-refractivity contribution is 5.81. The molecular formula is C14H15F3N4O4. The van der Waals surface area contributed by atoms with Gasteiger partial charge < -0.3 is 20.9 Å². The van der Waals surface area contributed by atoms with Crippen LogP contribution in [0.15, 0.2) is 11.0 Å². The van der Waals surface area contributed by atoms with Gasteiger partial charge in [-0.25, -0.2) is 4.79 Å². The predicted molar refractivity (Wildman–Crippen MR) is 79.1 cm³/mol. The van der Waals surface area contributed by atoms with E-state index in [1.165, 1.54) is 6.20 Å². The van der Waals surface area contributed by atoms with Gasteiger partial charge in [0.1, 0.15) is 12.0 Å². The van der Waals surface area contributed by atoms with E-state index in [0.717, 1.165) is 4.57 Å². The second-order valence-electron chi connectivity index (χ2n) is 5.18. The minimum atomic E-state index is -4.99. The lowest BCUT2D eigenvalue weighted by atomic mass is 10.2. The molecule has 0 spiro atoms. The molecule has 4 N–H and O–H groups in total. The standard InChI is InChI=1S/C14H15F3N4O4/c15-14(16,17)12(23)19-5-1-2-8-6-21(13(24)20-11(8)18)10-4-3-9(7-22)25-10/h6,9-10,22H,3-5,7H2,(H,19,23)(H2,18,20,24)/t9-,10+/m0/s1. The van der Waals surface area contributed by atoms with Crippen molar-refractivity contribution < 1.29 is 27.8 Å². The molecule has 1 aromatic heterocycles. The summed E-state index contributed by atoms with van der Waals surface area (Å²) in [6, 6.07) is 0. The van der Waals surface area contributed by atoms with Gasteiger partial charge in [0, 0.05) is 6.20 Å². The van der Waals surface area contributed by atoms with Gasteiger partial charge in [0.15, 0.2) is 0 Å². The van der Waals surface area contributed by atoms with Crippen LogP contribution in [0.4, 0.5) is 19.0 Å². The molecule has 1 aromatic rings. The largest absolute Gasteiger partial charge is 0.471 e. The Morgan fingerprint density at radius 3 is 2.84 bits per heavy atom. The fourth-order valence-electron chi connectivity index (χ4n) is 2.17. The number of rotatable bonds is 3. The number of nitrogens with one attached hydrogen (secondary N) is 1. The summed E-state index contributed by atoms with van der Waals surface area (Å²) in [6.07, 6.45) is -3.69. The number of nitrogens with zero attached hydrogens (tertiary/aromatic N) is 2. The van der Waals surface area contributed by atoms with E-state index in [9.17, 15) is 22.8 Å². The van der Waals surface area contributed by atoms with Crippen LogP contribution in [-0.2, 0) is 9.53 Å². The Hall–Kier alpha value is -2.58. The van der Waals surface area contributed by atoms with Gasteiger partial charge in [-0.15, -0.1) is 0 Å². The summed E-state index contributed by atoms with van der Waals surface area (Å²) in [7, 11) is 0. The van der Waals surface area contributed by atoms with Crippen LogP contribution in [-0.4, -0.2) is 46.0 Å². The number of aliphatic hydroxyl groups is 1. The third-order valence-corrected chi connectivity index (χ3v) is 3.40. The first-order chi connectivity index (χ1) is 11.7. The number of nitrogen functional groups attached to an aromatic ring is 1. The molecular weight excluding hydrogens is 345 g/mol. The highest BCUT2D eigenvalue weighted by atomic mass is 19.4. The van der Waals surface area contributed by atoms with E-state index >= 15 is 0 Å². The molecule has 25 heavy (non-hydrogen) atoms. The van der Waals surface area contributed by atoms with Crippen LogP contribution in [0.3, 0.4) is 0 Å². The summed E-state index contributed by atoms with van der Waals surface area (Å²) in [5.41, 5.74) is 5.02. The van der Waals surface area contributed by atoms with Gasteiger partial charge in [-0.3, -0.25) is 9.36 Å². The number of carbonyl (C=O) groups is 1. The van der Waals surface area contributed by atoms with Gasteiger partial charge in [0.25, 0.3) is 0 Å². The number of alkyl halides is 3. The van der Waals surface area contributed by atoms with E-state index < -0.39 is 30.5 Å². The molecule has 0 bridgehead atoms. The molecule has 1 amide bonds. The van der Waals surface area contributed by atoms with Gasteiger partial charge in [0.2, 0.25) is 0 Å². The molecule has 136 valence electrons. The maximum absolute atomic E-state index is 12.0. The first-order valence-corrected chi connectivity index (χ1v) is 7.21. The van der Waals surface area contributed by atoms with Crippen LogP contribution in [0.2, 0.25) is 0 Å². The zero-order chi connectivity index (χ0) is 18.6. The quantitative estimate of drug-likeness (QED) is 0.627. The molecule has 0 unspecified atom stereocenters. The van der Waals surface area contributed by atoms with Crippen molar-refractivity contribution >= 4 is 11.7 Å². The van der Waals surface area contributed by atoms with Crippen molar-refractivity contribution in [1.82, 2.24) is 14.9 Å². The minimum absolute atomic E-state index is 0.108. The topological polar surface area (TPSA) is 119 Å². The number of aromatic nitrogens is 2. The number of halogens is 3. The highest BCUT2D eigenvalue weighted by Crippen LogP contribution is 2.27. The Balaban J connectivity index is 2.12. The molecule has 0 aliphatic carbocycles. The second-order valence-corrected chi connectivity index (χ2v) is 5.18. The predicted octanol–water partition coefficient (Wildman–Crippen LogP) is -0.475. The molecule has 2 atom stereocenters. The van der Waals surface area contributed by atoms with E-state index in [4.69, 9.17) is 15.6 Å². The molecule has 0 radical (unpaired) electrons. The van der Waals surface area contributed by atoms with E-state index in [-0.39, 0.29) is 24.1 Å². The Kier molecular flexibility index (Phi) is 5.66. The van der Waals surface area contributed by atoms with Gasteiger partial charge in [-0.1, -0.05) is 11.8 Å². The molecule has 2 rings (SSSR count). The van der Waals surface area contributed by atoms with Crippen molar-refractivity contribution in [3.05, 3.63) is 22.2 Å². The summed E-state index contributed by atoms with van der Waals surface area (Å²) in [5, 5.41) is 10.6. The number of amides is 1. The van der Waals surface area contributed by atoms with Crippen LogP contribution in [0.5, 0.6) is 0 Å². The van der Waals surface area contributed by atoms with Crippen molar-refractivity contribution in [2.45, 2.75) is 31.3 Å². The van der Waals surface area contributed by atoms with Crippen molar-refractivity contribution in [2.24, 2.45) is 0 Å². The number of ether oxygens (including phenoxy) is 1. The third-order valence-electron chi connectivity index (χ3n) is 3.40. The smallest absolute Gasteiger partial charge is 0.394 e. The molecule has 1 saturated heterocycles. The maximum Gasteiger partial charge on any atom is 0.471 e. The molecule has 1 fully saturated rings. The Bertz CT molecular complexity index is 766. The van der Waals surface area contributed by atoms with Crippen LogP contribution >= 0.6 is 0 Å². The van der Waals surface area contributed by atoms with Crippen LogP contribution in [0, 0.1) is 11.8 Å². The minimum Gasteiger partial charge on any atom is -0.394 e. The molecule has 1 aliphatic rings. The highest BCUT2D eigenvalue weighted by Gasteiger charge is 2.38. The van der Waals surface area contributed by atoms with E-state index in [2.05, 4.69) is 16.8 Å². The first kappa shape index (κ1) is 18.8. The lowest BCUT2D eigenvalue weighted by Gasteiger charge is -2.15. The normalized spacial score (nSPS) is 20.0. The van der Waals surface area contributed by atoms with Gasteiger partial charge in [-0.2, -0.15) is 18.2 Å². The zero-order valence-corrected chi connectivity index (χ0v) is 12.8. The van der Waals surface area contributed by atoms with E-state index in [1.54, 1.807) is 5.32 Å². The van der Waals surface area contributed by atoms with Crippen molar-refractivity contribution in [1.29, 1.82) is 0 Å². The lowest BCUT2D eigenvalue weighted by molar-refractivity contribution is -0.173.